The summed E-state index contributed by atoms with van der Waals surface area (Å²) >= 11 is 1.40. The molecule has 3 fully saturated rings. The van der Waals surface area contributed by atoms with Crippen molar-refractivity contribution in [2.24, 2.45) is 5.10 Å². The Balaban J connectivity index is 1.29. The maximum absolute atomic E-state index is 13.4. The van der Waals surface area contributed by atoms with E-state index in [-0.39, 0.29) is 27.8 Å². The lowest BCUT2D eigenvalue weighted by Crippen LogP contribution is -2.52. The first-order valence-corrected chi connectivity index (χ1v) is 15.6. The Kier molecular flexibility index (Phi) is 8.31. The lowest BCUT2D eigenvalue weighted by atomic mass is 10.1. The molecule has 2 aromatic rings. The van der Waals surface area contributed by atoms with Crippen LogP contribution >= 0.6 is 11.3 Å². The van der Waals surface area contributed by atoms with E-state index in [0.29, 0.717) is 62.9 Å². The maximum atomic E-state index is 13.4. The Labute approximate surface area is 232 Å². The van der Waals surface area contributed by atoms with Crippen molar-refractivity contribution in [3.8, 4) is 0 Å². The van der Waals surface area contributed by atoms with Crippen molar-refractivity contribution in [3.63, 3.8) is 0 Å². The van der Waals surface area contributed by atoms with Crippen LogP contribution < -0.4 is 5.32 Å². The number of aromatic nitrogens is 1. The summed E-state index contributed by atoms with van der Waals surface area (Å²) in [5.74, 6) is -0.317. The second-order valence-electron chi connectivity index (χ2n) is 10.2. The molecule has 1 N–H and O–H groups in total. The van der Waals surface area contributed by atoms with E-state index in [2.05, 4.69) is 27.2 Å². The average Bonchev–Trinajstić information content (AvgIpc) is 3.70. The molecule has 2 aliphatic heterocycles. The lowest BCUT2D eigenvalue weighted by Gasteiger charge is -2.39. The molecule has 5 rings (SSSR count). The first-order valence-electron chi connectivity index (χ1n) is 13.2. The molecule has 1 atom stereocenters. The molecule has 1 aromatic heterocycles. The molecule has 39 heavy (non-hydrogen) atoms. The number of rotatable bonds is 8. The van der Waals surface area contributed by atoms with Gasteiger partial charge in [-0.05, 0) is 31.9 Å². The van der Waals surface area contributed by atoms with Gasteiger partial charge in [-0.15, -0.1) is 11.3 Å². The fourth-order valence-corrected chi connectivity index (χ4v) is 7.37. The summed E-state index contributed by atoms with van der Waals surface area (Å²) in [6, 6.07) is 6.54. The van der Waals surface area contributed by atoms with Gasteiger partial charge < -0.3 is 9.64 Å². The molecule has 11 nitrogen and oxygen atoms in total. The second kappa shape index (κ2) is 11.7. The highest BCUT2D eigenvalue weighted by Crippen LogP contribution is 2.33. The minimum absolute atomic E-state index is 0.0960. The third-order valence-corrected chi connectivity index (χ3v) is 10.3. The van der Waals surface area contributed by atoms with Crippen LogP contribution in [0.15, 0.2) is 40.5 Å². The van der Waals surface area contributed by atoms with Crippen LogP contribution in [0.2, 0.25) is 0 Å². The van der Waals surface area contributed by atoms with Gasteiger partial charge in [-0.25, -0.2) is 13.4 Å². The Morgan fingerprint density at radius 1 is 1.13 bits per heavy atom. The van der Waals surface area contributed by atoms with Gasteiger partial charge in [-0.1, -0.05) is 12.1 Å². The SMILES string of the molecule is CC(=O)N1CCN(Cc2cnc(NC(=O)/C(=N/N3CCOCC3)c3ccc(S(=O)(=O)C4CC4)cc3)s2)C[C@@H]1C. The van der Waals surface area contributed by atoms with E-state index in [9.17, 15) is 18.0 Å². The molecule has 210 valence electrons. The van der Waals surface area contributed by atoms with Crippen LogP contribution in [-0.4, -0.2) is 103 Å². The highest BCUT2D eigenvalue weighted by Gasteiger charge is 2.37. The zero-order chi connectivity index (χ0) is 27.6. The van der Waals surface area contributed by atoms with Crippen LogP contribution in [-0.2, 0) is 30.7 Å². The first kappa shape index (κ1) is 27.7. The summed E-state index contributed by atoms with van der Waals surface area (Å²) in [4.78, 5) is 35.1. The molecule has 0 spiro atoms. The number of piperazine rings is 1. The smallest absolute Gasteiger partial charge is 0.278 e. The maximum Gasteiger partial charge on any atom is 0.278 e. The number of morpholine rings is 1. The predicted octanol–water partition coefficient (Wildman–Crippen LogP) is 1.81. The Morgan fingerprint density at radius 2 is 1.85 bits per heavy atom. The number of amides is 2. The molecule has 2 amide bonds. The van der Waals surface area contributed by atoms with Gasteiger partial charge in [0.05, 0.1) is 36.4 Å². The molecule has 1 aromatic carbocycles. The van der Waals surface area contributed by atoms with Gasteiger partial charge in [0, 0.05) is 55.8 Å². The van der Waals surface area contributed by atoms with Crippen molar-refractivity contribution >= 4 is 43.8 Å². The Bertz CT molecular complexity index is 1330. The summed E-state index contributed by atoms with van der Waals surface area (Å²) in [5.41, 5.74) is 0.723. The molecule has 1 aliphatic carbocycles. The minimum atomic E-state index is -3.32. The lowest BCUT2D eigenvalue weighted by molar-refractivity contribution is -0.133. The van der Waals surface area contributed by atoms with Gasteiger partial charge in [-0.3, -0.25) is 24.8 Å². The molecule has 2 saturated heterocycles. The molecule has 3 heterocycles. The standard InChI is InChI=1S/C26H34N6O5S2/c1-18-16-30(9-10-32(18)19(2)33)17-21-15-27-26(38-21)28-25(34)24(29-31-11-13-37-14-12-31)20-3-5-22(6-4-20)39(35,36)23-7-8-23/h3-6,15,18,23H,7-14,16-17H2,1-2H3,(H,27,28,34)/b29-24+/t18-/m0/s1. The van der Waals surface area contributed by atoms with E-state index < -0.39 is 15.7 Å². The molecule has 13 heteroatoms. The van der Waals surface area contributed by atoms with Gasteiger partial charge >= 0.3 is 0 Å². The highest BCUT2D eigenvalue weighted by atomic mass is 32.2. The topological polar surface area (TPSA) is 125 Å². The zero-order valence-corrected chi connectivity index (χ0v) is 23.8. The van der Waals surface area contributed by atoms with E-state index in [0.717, 1.165) is 18.0 Å². The van der Waals surface area contributed by atoms with Gasteiger partial charge in [0.2, 0.25) is 5.91 Å². The van der Waals surface area contributed by atoms with Crippen LogP contribution in [0, 0.1) is 0 Å². The van der Waals surface area contributed by atoms with E-state index in [1.165, 1.54) is 11.3 Å². The van der Waals surface area contributed by atoms with E-state index in [1.54, 1.807) is 42.4 Å². The number of hydrogen-bond acceptors (Lipinski definition) is 10. The van der Waals surface area contributed by atoms with Crippen molar-refractivity contribution in [2.45, 2.75) is 49.4 Å². The summed E-state index contributed by atoms with van der Waals surface area (Å²) < 4.78 is 30.6. The van der Waals surface area contributed by atoms with Crippen molar-refractivity contribution in [2.75, 3.05) is 51.3 Å². The van der Waals surface area contributed by atoms with E-state index >= 15 is 0 Å². The fraction of sp³-hybridized carbons (Fsp3) is 0.538. The second-order valence-corrected chi connectivity index (χ2v) is 13.5. The summed E-state index contributed by atoms with van der Waals surface area (Å²) in [5, 5.41) is 9.46. The minimum Gasteiger partial charge on any atom is -0.378 e. The molecule has 0 bridgehead atoms. The molecular formula is C26H34N6O5S2. The molecule has 3 aliphatic rings. The molecular weight excluding hydrogens is 540 g/mol. The number of carbonyl (C=O) groups is 2. The van der Waals surface area contributed by atoms with Gasteiger partial charge in [0.1, 0.15) is 0 Å². The van der Waals surface area contributed by atoms with Crippen LogP contribution in [0.25, 0.3) is 0 Å². The predicted molar refractivity (Wildman–Crippen MR) is 148 cm³/mol. The monoisotopic (exact) mass is 574 g/mol. The molecule has 0 unspecified atom stereocenters. The van der Waals surface area contributed by atoms with Crippen molar-refractivity contribution in [3.05, 3.63) is 40.9 Å². The van der Waals surface area contributed by atoms with E-state index in [1.807, 2.05) is 4.90 Å². The van der Waals surface area contributed by atoms with Crippen LogP contribution in [0.5, 0.6) is 0 Å². The summed E-state index contributed by atoms with van der Waals surface area (Å²) in [7, 11) is -3.32. The number of anilines is 1. The summed E-state index contributed by atoms with van der Waals surface area (Å²) in [6.07, 6.45) is 3.15. The third-order valence-electron chi connectivity index (χ3n) is 7.13. The number of hydrazone groups is 1. The zero-order valence-electron chi connectivity index (χ0n) is 22.2. The van der Waals surface area contributed by atoms with Gasteiger partial charge in [-0.2, -0.15) is 5.10 Å². The molecule has 1 saturated carbocycles. The summed E-state index contributed by atoms with van der Waals surface area (Å²) in [6.45, 7) is 8.76. The first-order chi connectivity index (χ1) is 18.7. The number of benzene rings is 1. The number of nitrogens with zero attached hydrogens (tertiary/aromatic N) is 5. The largest absolute Gasteiger partial charge is 0.378 e. The normalized spacial score (nSPS) is 21.2. The van der Waals surface area contributed by atoms with Crippen molar-refractivity contribution in [1.82, 2.24) is 19.8 Å². The van der Waals surface area contributed by atoms with Crippen molar-refractivity contribution < 1.29 is 22.7 Å². The Hall–Kier alpha value is -2.87. The quantitative estimate of drug-likeness (QED) is 0.474. The number of sulfone groups is 1. The Morgan fingerprint density at radius 3 is 2.49 bits per heavy atom. The van der Waals surface area contributed by atoms with E-state index in [4.69, 9.17) is 4.74 Å². The number of hydrogen-bond donors (Lipinski definition) is 1. The van der Waals surface area contributed by atoms with Crippen LogP contribution in [0.3, 0.4) is 0 Å². The fourth-order valence-electron chi connectivity index (χ4n) is 4.86. The number of carbonyl (C=O) groups excluding carboxylic acids is 2. The third kappa shape index (κ3) is 6.65. The van der Waals surface area contributed by atoms with Gasteiger partial charge in [0.15, 0.2) is 20.7 Å². The van der Waals surface area contributed by atoms with Crippen LogP contribution in [0.4, 0.5) is 5.13 Å². The van der Waals surface area contributed by atoms with Gasteiger partial charge in [0.25, 0.3) is 5.91 Å². The number of nitrogens with one attached hydrogen (secondary N) is 1. The number of ether oxygens (including phenoxy) is 1. The average molecular weight is 575 g/mol. The number of thiazole rings is 1. The highest BCUT2D eigenvalue weighted by molar-refractivity contribution is 7.92. The van der Waals surface area contributed by atoms with Crippen molar-refractivity contribution in [1.29, 1.82) is 0 Å². The van der Waals surface area contributed by atoms with Crippen LogP contribution in [0.1, 0.15) is 37.1 Å². The molecule has 0 radical (unpaired) electrons.